The summed E-state index contributed by atoms with van der Waals surface area (Å²) in [5.41, 5.74) is 1.12. The van der Waals surface area contributed by atoms with Crippen molar-refractivity contribution in [2.45, 2.75) is 26.6 Å². The third kappa shape index (κ3) is 5.49. The molecule has 0 aliphatic heterocycles. The van der Waals surface area contributed by atoms with Crippen LogP contribution in [0.4, 0.5) is 0 Å². The van der Waals surface area contributed by atoms with Crippen LogP contribution in [0.15, 0.2) is 22.0 Å². The van der Waals surface area contributed by atoms with Crippen molar-refractivity contribution in [1.82, 2.24) is 0 Å². The van der Waals surface area contributed by atoms with Crippen LogP contribution in [0.1, 0.15) is 6.92 Å². The SMILES string of the molecule is C=C(O[Si](C)(C)C)/C(C)=C/I. The highest BCUT2D eigenvalue weighted by molar-refractivity contribution is 14.1. The van der Waals surface area contributed by atoms with Crippen molar-refractivity contribution in [2.24, 2.45) is 0 Å². The highest BCUT2D eigenvalue weighted by Crippen LogP contribution is 2.16. The third-order valence-electron chi connectivity index (χ3n) is 1.03. The molecular formula is C8H15IOSi. The summed E-state index contributed by atoms with van der Waals surface area (Å²) in [6.07, 6.45) is 0. The zero-order chi connectivity index (χ0) is 9.07. The van der Waals surface area contributed by atoms with Crippen molar-refractivity contribution in [1.29, 1.82) is 0 Å². The molecule has 0 radical (unpaired) electrons. The first-order valence-electron chi connectivity index (χ1n) is 3.52. The molecule has 0 amide bonds. The van der Waals surface area contributed by atoms with Crippen LogP contribution in [-0.2, 0) is 4.43 Å². The predicted molar refractivity (Wildman–Crippen MR) is 61.3 cm³/mol. The summed E-state index contributed by atoms with van der Waals surface area (Å²) in [4.78, 5) is 0. The lowest BCUT2D eigenvalue weighted by atomic mass is 10.3. The topological polar surface area (TPSA) is 9.23 Å². The first-order chi connectivity index (χ1) is 4.87. The summed E-state index contributed by atoms with van der Waals surface area (Å²) in [5, 5.41) is 0. The highest BCUT2D eigenvalue weighted by atomic mass is 127. The van der Waals surface area contributed by atoms with Gasteiger partial charge in [-0.25, -0.2) is 0 Å². The van der Waals surface area contributed by atoms with E-state index in [1.807, 2.05) is 11.0 Å². The largest absolute Gasteiger partial charge is 0.545 e. The molecule has 0 spiro atoms. The van der Waals surface area contributed by atoms with Gasteiger partial charge in [0.2, 0.25) is 8.32 Å². The van der Waals surface area contributed by atoms with Gasteiger partial charge in [-0.1, -0.05) is 29.2 Å². The Hall–Kier alpha value is 0.227. The fourth-order valence-electron chi connectivity index (χ4n) is 0.511. The minimum atomic E-state index is -1.44. The van der Waals surface area contributed by atoms with Gasteiger partial charge in [0.25, 0.3) is 0 Å². The van der Waals surface area contributed by atoms with Crippen LogP contribution in [0.2, 0.25) is 19.6 Å². The maximum absolute atomic E-state index is 5.66. The van der Waals surface area contributed by atoms with Gasteiger partial charge in [-0.2, -0.15) is 0 Å². The smallest absolute Gasteiger partial charge is 0.242 e. The van der Waals surface area contributed by atoms with Gasteiger partial charge in [-0.15, -0.1) is 0 Å². The molecule has 0 fully saturated rings. The van der Waals surface area contributed by atoms with Crippen molar-refractivity contribution in [3.63, 3.8) is 0 Å². The standard InChI is InChI=1S/C8H15IOSi/c1-7(6-9)8(2)10-11(3,4)5/h6H,2H2,1,3-5H3/b7-6+. The molecule has 64 valence electrons. The van der Waals surface area contributed by atoms with E-state index in [4.69, 9.17) is 4.43 Å². The predicted octanol–water partition coefficient (Wildman–Crippen LogP) is 3.69. The van der Waals surface area contributed by atoms with Crippen molar-refractivity contribution in [3.05, 3.63) is 22.0 Å². The Morgan fingerprint density at radius 3 is 2.18 bits per heavy atom. The Morgan fingerprint density at radius 1 is 1.45 bits per heavy atom. The van der Waals surface area contributed by atoms with Gasteiger partial charge in [0, 0.05) is 0 Å². The van der Waals surface area contributed by atoms with E-state index in [0.29, 0.717) is 0 Å². The van der Waals surface area contributed by atoms with Crippen LogP contribution >= 0.6 is 22.6 Å². The molecule has 0 aromatic rings. The van der Waals surface area contributed by atoms with Gasteiger partial charge in [-0.05, 0) is 36.2 Å². The van der Waals surface area contributed by atoms with Crippen LogP contribution < -0.4 is 0 Å². The summed E-state index contributed by atoms with van der Waals surface area (Å²) in [6, 6.07) is 0. The number of hydrogen-bond acceptors (Lipinski definition) is 1. The lowest BCUT2D eigenvalue weighted by molar-refractivity contribution is 0.436. The first-order valence-corrected chi connectivity index (χ1v) is 8.17. The second kappa shape index (κ2) is 4.30. The Kier molecular flexibility index (Phi) is 4.39. The fourth-order valence-corrected chi connectivity index (χ4v) is 1.76. The van der Waals surface area contributed by atoms with Crippen LogP contribution in [-0.4, -0.2) is 8.32 Å². The molecule has 1 nitrogen and oxygen atoms in total. The summed E-state index contributed by atoms with van der Waals surface area (Å²) in [6.45, 7) is 12.3. The lowest BCUT2D eigenvalue weighted by Crippen LogP contribution is -2.24. The molecule has 0 bridgehead atoms. The van der Waals surface area contributed by atoms with Crippen molar-refractivity contribution in [2.75, 3.05) is 0 Å². The van der Waals surface area contributed by atoms with Crippen LogP contribution in [0, 0.1) is 0 Å². The van der Waals surface area contributed by atoms with E-state index in [9.17, 15) is 0 Å². The lowest BCUT2D eigenvalue weighted by Gasteiger charge is -2.20. The highest BCUT2D eigenvalue weighted by Gasteiger charge is 2.16. The van der Waals surface area contributed by atoms with E-state index in [0.717, 1.165) is 11.3 Å². The molecule has 0 atom stereocenters. The van der Waals surface area contributed by atoms with Crippen molar-refractivity contribution in [3.8, 4) is 0 Å². The van der Waals surface area contributed by atoms with Gasteiger partial charge in [0.1, 0.15) is 0 Å². The number of rotatable bonds is 3. The molecule has 0 aromatic carbocycles. The molecule has 0 heterocycles. The summed E-state index contributed by atoms with van der Waals surface area (Å²) in [7, 11) is -1.44. The second-order valence-electron chi connectivity index (χ2n) is 3.43. The summed E-state index contributed by atoms with van der Waals surface area (Å²) < 4.78 is 7.65. The van der Waals surface area contributed by atoms with E-state index in [1.165, 1.54) is 0 Å². The van der Waals surface area contributed by atoms with Crippen molar-refractivity contribution >= 4 is 30.9 Å². The maximum Gasteiger partial charge on any atom is 0.242 e. The average molecular weight is 282 g/mol. The zero-order valence-electron chi connectivity index (χ0n) is 7.57. The monoisotopic (exact) mass is 282 g/mol. The molecule has 0 saturated carbocycles. The van der Waals surface area contributed by atoms with Gasteiger partial charge >= 0.3 is 0 Å². The van der Waals surface area contributed by atoms with Crippen LogP contribution in [0.5, 0.6) is 0 Å². The van der Waals surface area contributed by atoms with E-state index in [2.05, 4.69) is 48.8 Å². The van der Waals surface area contributed by atoms with Gasteiger partial charge in [-0.3, -0.25) is 0 Å². The van der Waals surface area contributed by atoms with Crippen LogP contribution in [0.25, 0.3) is 0 Å². The molecule has 3 heteroatoms. The van der Waals surface area contributed by atoms with Gasteiger partial charge in [0.05, 0.1) is 5.76 Å². The quantitative estimate of drug-likeness (QED) is 0.332. The number of allylic oxidation sites excluding steroid dienone is 1. The third-order valence-corrected chi connectivity index (χ3v) is 2.83. The Labute approximate surface area is 83.8 Å². The Morgan fingerprint density at radius 2 is 1.91 bits per heavy atom. The molecule has 0 aromatic heterocycles. The minimum absolute atomic E-state index is 0.818. The Bertz CT molecular complexity index is 179. The van der Waals surface area contributed by atoms with Gasteiger partial charge in [0.15, 0.2) is 0 Å². The van der Waals surface area contributed by atoms with Crippen LogP contribution in [0.3, 0.4) is 0 Å². The number of hydrogen-bond donors (Lipinski definition) is 0. The molecule has 0 saturated heterocycles. The first kappa shape index (κ1) is 11.2. The van der Waals surface area contributed by atoms with Crippen molar-refractivity contribution < 1.29 is 4.43 Å². The molecule has 0 unspecified atom stereocenters. The maximum atomic E-state index is 5.66. The summed E-state index contributed by atoms with van der Waals surface area (Å²) >= 11 is 2.19. The minimum Gasteiger partial charge on any atom is -0.545 e. The second-order valence-corrected chi connectivity index (χ2v) is 8.48. The number of halogens is 1. The van der Waals surface area contributed by atoms with E-state index >= 15 is 0 Å². The molecule has 11 heavy (non-hydrogen) atoms. The Balaban J connectivity index is 4.10. The molecule has 0 N–H and O–H groups in total. The fraction of sp³-hybridized carbons (Fsp3) is 0.500. The summed E-state index contributed by atoms with van der Waals surface area (Å²) in [5.74, 6) is 0.818. The van der Waals surface area contributed by atoms with E-state index < -0.39 is 8.32 Å². The van der Waals surface area contributed by atoms with Gasteiger partial charge < -0.3 is 4.43 Å². The normalized spacial score (nSPS) is 13.0. The molecule has 0 aliphatic rings. The molecular weight excluding hydrogens is 267 g/mol. The van der Waals surface area contributed by atoms with E-state index in [1.54, 1.807) is 0 Å². The van der Waals surface area contributed by atoms with E-state index in [-0.39, 0.29) is 0 Å². The molecule has 0 rings (SSSR count). The zero-order valence-corrected chi connectivity index (χ0v) is 10.7. The average Bonchev–Trinajstić information content (AvgIpc) is 1.82. The molecule has 0 aliphatic carbocycles.